The van der Waals surface area contributed by atoms with Crippen LogP contribution >= 0.6 is 0 Å². The van der Waals surface area contributed by atoms with E-state index in [9.17, 15) is 9.59 Å². The molecule has 0 spiro atoms. The van der Waals surface area contributed by atoms with E-state index in [4.69, 9.17) is 4.52 Å². The third kappa shape index (κ3) is 5.05. The Morgan fingerprint density at radius 3 is 2.52 bits per heavy atom. The summed E-state index contributed by atoms with van der Waals surface area (Å²) in [7, 11) is 0. The summed E-state index contributed by atoms with van der Waals surface area (Å²) in [4.78, 5) is 27.4. The topological polar surface area (TPSA) is 75.4 Å². The van der Waals surface area contributed by atoms with E-state index >= 15 is 0 Å². The number of aromatic nitrogens is 1. The van der Waals surface area contributed by atoms with Crippen LogP contribution in [0.5, 0.6) is 0 Å². The standard InChI is InChI=1S/C23H29N3O3/c1-16-7-11-18(12-8-16)23(28)26(19-5-3-2-4-6-19)15-20-13-21(25-29-20)22(27)24-14-17-9-10-17/h7-8,11-13,17,19H,2-6,9-10,14-15H2,1H3,(H,24,27). The number of carbonyl (C=O) groups is 2. The highest BCUT2D eigenvalue weighted by atomic mass is 16.5. The summed E-state index contributed by atoms with van der Waals surface area (Å²) in [6, 6.07) is 9.54. The van der Waals surface area contributed by atoms with Gasteiger partial charge < -0.3 is 14.7 Å². The maximum Gasteiger partial charge on any atom is 0.273 e. The molecular formula is C23H29N3O3. The second-order valence-corrected chi connectivity index (χ2v) is 8.42. The van der Waals surface area contributed by atoms with Gasteiger partial charge in [-0.3, -0.25) is 9.59 Å². The lowest BCUT2D eigenvalue weighted by atomic mass is 9.93. The Kier molecular flexibility index (Phi) is 5.97. The van der Waals surface area contributed by atoms with Crippen molar-refractivity contribution in [2.75, 3.05) is 6.54 Å². The average molecular weight is 396 g/mol. The molecule has 6 nitrogen and oxygen atoms in total. The average Bonchev–Trinajstić information content (AvgIpc) is 3.46. The minimum absolute atomic E-state index is 0.00744. The second-order valence-electron chi connectivity index (χ2n) is 8.42. The molecule has 2 aromatic rings. The van der Waals surface area contributed by atoms with Gasteiger partial charge in [0.25, 0.3) is 11.8 Å². The predicted octanol–water partition coefficient (Wildman–Crippen LogP) is 4.10. The Morgan fingerprint density at radius 2 is 1.83 bits per heavy atom. The maximum atomic E-state index is 13.3. The van der Waals surface area contributed by atoms with Crippen LogP contribution in [0.2, 0.25) is 0 Å². The highest BCUT2D eigenvalue weighted by molar-refractivity contribution is 5.94. The molecule has 4 rings (SSSR count). The molecule has 0 radical (unpaired) electrons. The van der Waals surface area contributed by atoms with Crippen LogP contribution in [0, 0.1) is 12.8 Å². The molecule has 1 N–H and O–H groups in total. The molecule has 2 fully saturated rings. The van der Waals surface area contributed by atoms with Gasteiger partial charge in [-0.05, 0) is 50.7 Å². The van der Waals surface area contributed by atoms with Crippen LogP contribution < -0.4 is 5.32 Å². The first kappa shape index (κ1) is 19.7. The van der Waals surface area contributed by atoms with Gasteiger partial charge in [0.1, 0.15) is 0 Å². The molecule has 0 atom stereocenters. The summed E-state index contributed by atoms with van der Waals surface area (Å²) >= 11 is 0. The zero-order valence-electron chi connectivity index (χ0n) is 17.0. The van der Waals surface area contributed by atoms with E-state index in [2.05, 4.69) is 10.5 Å². The van der Waals surface area contributed by atoms with E-state index in [0.717, 1.165) is 31.2 Å². The van der Waals surface area contributed by atoms with E-state index in [0.29, 0.717) is 30.3 Å². The maximum absolute atomic E-state index is 13.3. The van der Waals surface area contributed by atoms with E-state index in [1.165, 1.54) is 19.3 Å². The Labute approximate surface area is 171 Å². The van der Waals surface area contributed by atoms with Crippen LogP contribution in [0.15, 0.2) is 34.9 Å². The monoisotopic (exact) mass is 395 g/mol. The zero-order chi connectivity index (χ0) is 20.2. The van der Waals surface area contributed by atoms with Crippen LogP contribution in [-0.2, 0) is 6.54 Å². The van der Waals surface area contributed by atoms with Crippen molar-refractivity contribution in [2.24, 2.45) is 5.92 Å². The molecule has 1 aromatic heterocycles. The molecule has 2 aliphatic rings. The van der Waals surface area contributed by atoms with Gasteiger partial charge in [-0.1, -0.05) is 42.1 Å². The lowest BCUT2D eigenvalue weighted by Crippen LogP contribution is -2.40. The van der Waals surface area contributed by atoms with Crippen molar-refractivity contribution in [3.05, 3.63) is 52.9 Å². The Morgan fingerprint density at radius 1 is 1.10 bits per heavy atom. The fourth-order valence-corrected chi connectivity index (χ4v) is 3.93. The Bertz CT molecular complexity index is 849. The molecule has 0 unspecified atom stereocenters. The molecule has 29 heavy (non-hydrogen) atoms. The van der Waals surface area contributed by atoms with E-state index in [1.807, 2.05) is 36.1 Å². The first-order chi connectivity index (χ1) is 14.1. The quantitative estimate of drug-likeness (QED) is 0.766. The summed E-state index contributed by atoms with van der Waals surface area (Å²) in [6.07, 6.45) is 7.85. The highest BCUT2D eigenvalue weighted by Gasteiger charge is 2.28. The minimum Gasteiger partial charge on any atom is -0.359 e. The number of rotatable bonds is 7. The predicted molar refractivity (Wildman–Crippen MR) is 109 cm³/mol. The van der Waals surface area contributed by atoms with Crippen molar-refractivity contribution >= 4 is 11.8 Å². The number of benzene rings is 1. The van der Waals surface area contributed by atoms with Crippen molar-refractivity contribution in [2.45, 2.75) is 64.5 Å². The van der Waals surface area contributed by atoms with Crippen molar-refractivity contribution in [1.29, 1.82) is 0 Å². The number of amides is 2. The van der Waals surface area contributed by atoms with Crippen molar-refractivity contribution in [3.8, 4) is 0 Å². The number of nitrogens with zero attached hydrogens (tertiary/aromatic N) is 2. The van der Waals surface area contributed by atoms with Gasteiger partial charge in [0.05, 0.1) is 6.54 Å². The summed E-state index contributed by atoms with van der Waals surface area (Å²) in [5.74, 6) is 0.959. The lowest BCUT2D eigenvalue weighted by Gasteiger charge is -2.33. The van der Waals surface area contributed by atoms with Gasteiger partial charge >= 0.3 is 0 Å². The molecule has 1 aromatic carbocycles. The van der Waals surface area contributed by atoms with Gasteiger partial charge in [-0.15, -0.1) is 0 Å². The molecule has 2 aliphatic carbocycles. The van der Waals surface area contributed by atoms with Crippen molar-refractivity contribution in [3.63, 3.8) is 0 Å². The largest absolute Gasteiger partial charge is 0.359 e. The molecule has 154 valence electrons. The Balaban J connectivity index is 1.48. The first-order valence-corrected chi connectivity index (χ1v) is 10.7. The molecular weight excluding hydrogens is 366 g/mol. The molecule has 0 bridgehead atoms. The second kappa shape index (κ2) is 8.80. The van der Waals surface area contributed by atoms with Gasteiger partial charge in [0, 0.05) is 24.2 Å². The molecule has 6 heteroatoms. The normalized spacial score (nSPS) is 17.1. The van der Waals surface area contributed by atoms with Crippen molar-refractivity contribution < 1.29 is 14.1 Å². The number of aryl methyl sites for hydroxylation is 1. The fraction of sp³-hybridized carbons (Fsp3) is 0.522. The fourth-order valence-electron chi connectivity index (χ4n) is 3.93. The summed E-state index contributed by atoms with van der Waals surface area (Å²) < 4.78 is 5.43. The van der Waals surface area contributed by atoms with Gasteiger partial charge in [0.2, 0.25) is 0 Å². The minimum atomic E-state index is -0.207. The summed E-state index contributed by atoms with van der Waals surface area (Å²) in [6.45, 7) is 3.04. The molecule has 2 amide bonds. The van der Waals surface area contributed by atoms with Crippen LogP contribution in [0.4, 0.5) is 0 Å². The van der Waals surface area contributed by atoms with Crippen LogP contribution in [0.3, 0.4) is 0 Å². The van der Waals surface area contributed by atoms with E-state index in [-0.39, 0.29) is 23.6 Å². The molecule has 1 heterocycles. The van der Waals surface area contributed by atoms with E-state index < -0.39 is 0 Å². The first-order valence-electron chi connectivity index (χ1n) is 10.7. The SMILES string of the molecule is Cc1ccc(C(=O)N(Cc2cc(C(=O)NCC3CC3)no2)C2CCCCC2)cc1. The van der Waals surface area contributed by atoms with Gasteiger partial charge in [-0.2, -0.15) is 0 Å². The number of nitrogens with one attached hydrogen (secondary N) is 1. The van der Waals surface area contributed by atoms with Crippen LogP contribution in [-0.4, -0.2) is 34.5 Å². The van der Waals surface area contributed by atoms with E-state index in [1.54, 1.807) is 6.07 Å². The van der Waals surface area contributed by atoms with Crippen LogP contribution in [0.1, 0.15) is 77.1 Å². The number of hydrogen-bond donors (Lipinski definition) is 1. The van der Waals surface area contributed by atoms with Crippen molar-refractivity contribution in [1.82, 2.24) is 15.4 Å². The van der Waals surface area contributed by atoms with Gasteiger partial charge in [-0.25, -0.2) is 0 Å². The Hall–Kier alpha value is -2.63. The molecule has 0 aliphatic heterocycles. The summed E-state index contributed by atoms with van der Waals surface area (Å²) in [5.41, 5.74) is 2.10. The van der Waals surface area contributed by atoms with Crippen LogP contribution in [0.25, 0.3) is 0 Å². The highest BCUT2D eigenvalue weighted by Crippen LogP contribution is 2.28. The third-order valence-corrected chi connectivity index (χ3v) is 5.94. The zero-order valence-corrected chi connectivity index (χ0v) is 17.0. The third-order valence-electron chi connectivity index (χ3n) is 5.94. The molecule has 0 saturated heterocycles. The van der Waals surface area contributed by atoms with Gasteiger partial charge in [0.15, 0.2) is 11.5 Å². The number of hydrogen-bond acceptors (Lipinski definition) is 4. The number of carbonyl (C=O) groups excluding carboxylic acids is 2. The lowest BCUT2D eigenvalue weighted by molar-refractivity contribution is 0.0590. The smallest absolute Gasteiger partial charge is 0.273 e. The summed E-state index contributed by atoms with van der Waals surface area (Å²) in [5, 5.41) is 6.83. The molecule has 2 saturated carbocycles.